The summed E-state index contributed by atoms with van der Waals surface area (Å²) in [6.45, 7) is 9.60. The fraction of sp³-hybridized carbons (Fsp3) is 0.400. The van der Waals surface area contributed by atoms with Crippen molar-refractivity contribution in [1.29, 1.82) is 0 Å². The third-order valence-electron chi connectivity index (χ3n) is 5.89. The van der Waals surface area contributed by atoms with Crippen molar-refractivity contribution in [3.63, 3.8) is 0 Å². The molecule has 3 aromatic rings. The number of carbonyl (C=O) groups excluding carboxylic acids is 3. The van der Waals surface area contributed by atoms with Crippen LogP contribution >= 0.6 is 0 Å². The van der Waals surface area contributed by atoms with Crippen molar-refractivity contribution in [3.05, 3.63) is 59.9 Å². The van der Waals surface area contributed by atoms with E-state index in [4.69, 9.17) is 18.7 Å². The van der Waals surface area contributed by atoms with Crippen LogP contribution in [0.4, 0.5) is 11.5 Å². The number of nitrogens with one attached hydrogen (secondary N) is 2. The van der Waals surface area contributed by atoms with E-state index >= 15 is 0 Å². The van der Waals surface area contributed by atoms with Crippen LogP contribution in [-0.4, -0.2) is 49.2 Å². The highest BCUT2D eigenvalue weighted by molar-refractivity contribution is 6.03. The summed E-state index contributed by atoms with van der Waals surface area (Å²) in [7, 11) is 2.97. The fourth-order valence-electron chi connectivity index (χ4n) is 4.24. The van der Waals surface area contributed by atoms with Gasteiger partial charge < -0.3 is 29.4 Å². The predicted octanol–water partition coefficient (Wildman–Crippen LogP) is 4.81. The molecule has 1 unspecified atom stereocenters. The number of hydrogen-bond acceptors (Lipinski definition) is 8. The number of carbonyl (C=O) groups is 3. The van der Waals surface area contributed by atoms with Crippen LogP contribution in [0.3, 0.4) is 0 Å². The molecule has 3 rings (SSSR count). The molecule has 11 nitrogen and oxygen atoms in total. The summed E-state index contributed by atoms with van der Waals surface area (Å²) < 4.78 is 21.7. The molecule has 1 aromatic heterocycles. The number of nitrogens with zero attached hydrogens (tertiary/aromatic N) is 2. The molecule has 2 aromatic carbocycles. The molecule has 0 aliphatic heterocycles. The molecule has 11 heteroatoms. The van der Waals surface area contributed by atoms with Crippen molar-refractivity contribution in [2.75, 3.05) is 31.0 Å². The van der Waals surface area contributed by atoms with Crippen molar-refractivity contribution in [2.45, 2.75) is 59.0 Å². The smallest absolute Gasteiger partial charge is 0.248 e. The summed E-state index contributed by atoms with van der Waals surface area (Å²) in [6, 6.07) is 12.4. The Labute approximate surface area is 240 Å². The van der Waals surface area contributed by atoms with Crippen LogP contribution < -0.4 is 29.7 Å². The van der Waals surface area contributed by atoms with E-state index in [0.29, 0.717) is 40.9 Å². The summed E-state index contributed by atoms with van der Waals surface area (Å²) >= 11 is 0. The van der Waals surface area contributed by atoms with E-state index < -0.39 is 29.3 Å². The molecule has 0 spiro atoms. The molecule has 3 amide bonds. The van der Waals surface area contributed by atoms with Crippen LogP contribution in [-0.2, 0) is 14.4 Å². The highest BCUT2D eigenvalue weighted by Gasteiger charge is 2.37. The van der Waals surface area contributed by atoms with Gasteiger partial charge in [0.15, 0.2) is 17.3 Å². The number of aryl methyl sites for hydroxylation is 1. The van der Waals surface area contributed by atoms with Gasteiger partial charge in [-0.1, -0.05) is 17.3 Å². The van der Waals surface area contributed by atoms with Crippen molar-refractivity contribution >= 4 is 29.2 Å². The summed E-state index contributed by atoms with van der Waals surface area (Å²) in [5.41, 5.74) is 0.244. The Bertz CT molecular complexity index is 1350. The molecule has 2 N–H and O–H groups in total. The third-order valence-corrected chi connectivity index (χ3v) is 5.89. The van der Waals surface area contributed by atoms with Crippen LogP contribution in [0, 0.1) is 6.92 Å². The van der Waals surface area contributed by atoms with Crippen molar-refractivity contribution in [3.8, 4) is 17.2 Å². The normalized spacial score (nSPS) is 11.8. The molecule has 41 heavy (non-hydrogen) atoms. The number of methoxy groups -OCH3 is 2. The Kier molecular flexibility index (Phi) is 10.3. The lowest BCUT2D eigenvalue weighted by Crippen LogP contribution is -2.49. The zero-order chi connectivity index (χ0) is 30.2. The van der Waals surface area contributed by atoms with Gasteiger partial charge in [0.25, 0.3) is 0 Å². The Morgan fingerprint density at radius 1 is 1.02 bits per heavy atom. The van der Waals surface area contributed by atoms with Crippen LogP contribution in [0.2, 0.25) is 0 Å². The summed E-state index contributed by atoms with van der Waals surface area (Å²) in [4.78, 5) is 42.0. The van der Waals surface area contributed by atoms with Crippen LogP contribution in [0.25, 0.3) is 0 Å². The molecule has 0 aliphatic rings. The lowest BCUT2D eigenvalue weighted by atomic mass is 9.98. The SMILES string of the molecule is CCOc1ccc(N(C(=O)CCC(=O)Nc2cc(C)on2)C(C(=O)NC(C)(C)C)c2cccc(OC)c2OC)cc1. The first-order chi connectivity index (χ1) is 19.5. The maximum absolute atomic E-state index is 14.0. The molecule has 0 aliphatic carbocycles. The van der Waals surface area contributed by atoms with E-state index in [0.717, 1.165) is 0 Å². The van der Waals surface area contributed by atoms with Gasteiger partial charge in [-0.05, 0) is 65.0 Å². The van der Waals surface area contributed by atoms with Gasteiger partial charge in [-0.2, -0.15) is 0 Å². The molecule has 0 radical (unpaired) electrons. The topological polar surface area (TPSA) is 132 Å². The van der Waals surface area contributed by atoms with Gasteiger partial charge in [0.05, 0.1) is 20.8 Å². The van der Waals surface area contributed by atoms with Crippen molar-refractivity contribution < 1.29 is 33.1 Å². The Hall–Kier alpha value is -4.54. The molecule has 0 saturated heterocycles. The number of amides is 3. The standard InChI is InChI=1S/C30H38N4O7/c1-8-40-21-14-12-20(13-15-21)34(26(36)17-16-25(35)31-24-18-19(2)41-33-24)27(29(37)32-30(3,4)5)22-10-9-11-23(38-6)28(22)39-7/h9-15,18,27H,8,16-17H2,1-7H3,(H,32,37)(H,31,33,35). The molecule has 0 fully saturated rings. The monoisotopic (exact) mass is 566 g/mol. The summed E-state index contributed by atoms with van der Waals surface area (Å²) in [5, 5.41) is 9.37. The highest BCUT2D eigenvalue weighted by atomic mass is 16.5. The second-order valence-electron chi connectivity index (χ2n) is 10.3. The van der Waals surface area contributed by atoms with E-state index in [1.54, 1.807) is 55.5 Å². The summed E-state index contributed by atoms with van der Waals surface area (Å²) in [6.07, 6.45) is -0.345. The third kappa shape index (κ3) is 8.23. The van der Waals surface area contributed by atoms with Crippen LogP contribution in [0.5, 0.6) is 17.2 Å². The number of para-hydroxylation sites is 1. The minimum absolute atomic E-state index is 0.152. The Morgan fingerprint density at radius 3 is 2.29 bits per heavy atom. The second-order valence-corrected chi connectivity index (χ2v) is 10.3. The lowest BCUT2D eigenvalue weighted by Gasteiger charge is -2.34. The fourth-order valence-corrected chi connectivity index (χ4v) is 4.24. The van der Waals surface area contributed by atoms with Crippen LogP contribution in [0.1, 0.15) is 57.9 Å². The number of anilines is 2. The van der Waals surface area contributed by atoms with E-state index in [-0.39, 0.29) is 18.7 Å². The van der Waals surface area contributed by atoms with Crippen molar-refractivity contribution in [1.82, 2.24) is 10.5 Å². The number of ether oxygens (including phenoxy) is 3. The quantitative estimate of drug-likeness (QED) is 0.319. The van der Waals surface area contributed by atoms with Crippen LogP contribution in [0.15, 0.2) is 53.1 Å². The predicted molar refractivity (Wildman–Crippen MR) is 154 cm³/mol. The zero-order valence-corrected chi connectivity index (χ0v) is 24.6. The average Bonchev–Trinajstić information content (AvgIpc) is 3.33. The van der Waals surface area contributed by atoms with Gasteiger partial charge in [-0.15, -0.1) is 0 Å². The minimum Gasteiger partial charge on any atom is -0.494 e. The van der Waals surface area contributed by atoms with Crippen molar-refractivity contribution in [2.24, 2.45) is 0 Å². The lowest BCUT2D eigenvalue weighted by molar-refractivity contribution is -0.128. The molecule has 220 valence electrons. The highest BCUT2D eigenvalue weighted by Crippen LogP contribution is 2.40. The minimum atomic E-state index is -1.16. The first kappa shape index (κ1) is 31.0. The second kappa shape index (κ2) is 13.7. The maximum Gasteiger partial charge on any atom is 0.248 e. The van der Waals surface area contributed by atoms with Gasteiger partial charge in [0.1, 0.15) is 17.6 Å². The first-order valence-corrected chi connectivity index (χ1v) is 13.3. The van der Waals surface area contributed by atoms with Gasteiger partial charge >= 0.3 is 0 Å². The van der Waals surface area contributed by atoms with Gasteiger partial charge in [-0.3, -0.25) is 19.3 Å². The average molecular weight is 567 g/mol. The van der Waals surface area contributed by atoms with E-state index in [1.807, 2.05) is 27.7 Å². The molecular weight excluding hydrogens is 528 g/mol. The largest absolute Gasteiger partial charge is 0.494 e. The molecule has 1 heterocycles. The molecule has 0 saturated carbocycles. The maximum atomic E-state index is 14.0. The number of benzene rings is 2. The number of hydrogen-bond donors (Lipinski definition) is 2. The number of rotatable bonds is 12. The van der Waals surface area contributed by atoms with E-state index in [2.05, 4.69) is 15.8 Å². The molecular formula is C30H38N4O7. The molecule has 0 bridgehead atoms. The van der Waals surface area contributed by atoms with E-state index in [1.165, 1.54) is 19.1 Å². The zero-order valence-electron chi connectivity index (χ0n) is 24.6. The van der Waals surface area contributed by atoms with Gasteiger partial charge in [-0.25, -0.2) is 0 Å². The summed E-state index contributed by atoms with van der Waals surface area (Å²) in [5.74, 6) is 0.804. The first-order valence-electron chi connectivity index (χ1n) is 13.3. The van der Waals surface area contributed by atoms with Gasteiger partial charge in [0.2, 0.25) is 17.7 Å². The number of aromatic nitrogens is 1. The van der Waals surface area contributed by atoms with Gasteiger partial charge in [0, 0.05) is 35.7 Å². The Morgan fingerprint density at radius 2 is 1.73 bits per heavy atom. The molecule has 1 atom stereocenters. The van der Waals surface area contributed by atoms with E-state index in [9.17, 15) is 14.4 Å². The Balaban J connectivity index is 2.07.